The number of fused-ring (bicyclic) bond motifs is 9. The second kappa shape index (κ2) is 11.2. The van der Waals surface area contributed by atoms with Crippen LogP contribution in [0.1, 0.15) is 0 Å². The molecule has 0 atom stereocenters. The van der Waals surface area contributed by atoms with Crippen LogP contribution in [0.4, 0.5) is 0 Å². The second-order valence-electron chi connectivity index (χ2n) is 13.2. The minimum Gasteiger partial charge on any atom is -0.456 e. The van der Waals surface area contributed by atoms with Gasteiger partial charge in [0.1, 0.15) is 22.3 Å². The predicted octanol–water partition coefficient (Wildman–Crippen LogP) is 12.6. The lowest BCUT2D eigenvalue weighted by Crippen LogP contribution is -1.96. The summed E-state index contributed by atoms with van der Waals surface area (Å²) in [7, 11) is 0. The second-order valence-corrected chi connectivity index (χ2v) is 13.2. The topological polar surface area (TPSA) is 65.0 Å². The van der Waals surface area contributed by atoms with Gasteiger partial charge in [-0.3, -0.25) is 0 Å². The van der Waals surface area contributed by atoms with Crippen LogP contribution in [0.5, 0.6) is 0 Å². The molecule has 0 spiro atoms. The van der Waals surface area contributed by atoms with Gasteiger partial charge in [0, 0.05) is 43.8 Å². The first kappa shape index (κ1) is 28.7. The van der Waals surface area contributed by atoms with Crippen LogP contribution in [0, 0.1) is 0 Å². The highest BCUT2D eigenvalue weighted by Gasteiger charge is 2.20. The number of furan rings is 2. The fourth-order valence-electron chi connectivity index (χ4n) is 7.60. The Hall–Kier alpha value is -7.11. The van der Waals surface area contributed by atoms with E-state index in [0.29, 0.717) is 5.82 Å². The SMILES string of the molecule is c1ccc(-c2nc(-c3ccc4oc5c6ccccc6nc(-c6ccc7ccccc7c6)c5c4c3)cc(-c3cccc4oc5ccccc5c34)n2)cc1. The number of para-hydroxylation sites is 2. The van der Waals surface area contributed by atoms with Gasteiger partial charge in [0.2, 0.25) is 0 Å². The minimum absolute atomic E-state index is 0.652. The van der Waals surface area contributed by atoms with Gasteiger partial charge in [-0.05, 0) is 65.4 Å². The molecule has 0 N–H and O–H groups in total. The van der Waals surface area contributed by atoms with Crippen molar-refractivity contribution in [2.75, 3.05) is 0 Å². The van der Waals surface area contributed by atoms with Crippen molar-refractivity contribution in [2.45, 2.75) is 0 Å². The number of hydrogen-bond donors (Lipinski definition) is 0. The molecule has 0 aliphatic heterocycles. The van der Waals surface area contributed by atoms with Crippen molar-refractivity contribution in [3.8, 4) is 45.2 Å². The van der Waals surface area contributed by atoms with Crippen LogP contribution in [-0.2, 0) is 0 Å². The maximum absolute atomic E-state index is 6.69. The third-order valence-corrected chi connectivity index (χ3v) is 10.1. The van der Waals surface area contributed by atoms with Crippen LogP contribution in [-0.4, -0.2) is 15.0 Å². The molecule has 0 fully saturated rings. The molecular formula is C47H27N3O2. The van der Waals surface area contributed by atoms with Crippen LogP contribution in [0.2, 0.25) is 0 Å². The number of nitrogens with zero attached hydrogens (tertiary/aromatic N) is 3. The van der Waals surface area contributed by atoms with E-state index in [1.54, 1.807) is 0 Å². The summed E-state index contributed by atoms with van der Waals surface area (Å²) in [5.41, 5.74) is 10.7. The van der Waals surface area contributed by atoms with E-state index in [4.69, 9.17) is 23.8 Å². The summed E-state index contributed by atoms with van der Waals surface area (Å²) >= 11 is 0. The van der Waals surface area contributed by atoms with Crippen LogP contribution in [0.3, 0.4) is 0 Å². The maximum atomic E-state index is 6.69. The van der Waals surface area contributed by atoms with Crippen molar-refractivity contribution >= 4 is 65.6 Å². The lowest BCUT2D eigenvalue weighted by molar-refractivity contribution is 0.669. The molecule has 5 nitrogen and oxygen atoms in total. The summed E-state index contributed by atoms with van der Waals surface area (Å²) in [6.45, 7) is 0. The summed E-state index contributed by atoms with van der Waals surface area (Å²) in [4.78, 5) is 15.6. The smallest absolute Gasteiger partial charge is 0.160 e. The standard InChI is InChI=1S/C47H27N3O2/c1-2-12-29(13-3-1)47-49-38(27-39(50-47)33-17-10-20-42-43(33)35-16-7-9-19-40(35)51-42)31-23-24-41-36(26-31)44-45(32-22-21-28-11-4-5-14-30(28)25-32)48-37-18-8-6-15-34(37)46(44)52-41/h1-27H. The van der Waals surface area contributed by atoms with Crippen LogP contribution in [0.25, 0.3) is 111 Å². The van der Waals surface area contributed by atoms with Gasteiger partial charge in [-0.15, -0.1) is 0 Å². The fraction of sp³-hybridized carbons (Fsp3) is 0. The third-order valence-electron chi connectivity index (χ3n) is 10.1. The van der Waals surface area contributed by atoms with Gasteiger partial charge < -0.3 is 8.83 Å². The molecule has 242 valence electrons. The molecule has 0 saturated heterocycles. The van der Waals surface area contributed by atoms with E-state index < -0.39 is 0 Å². The van der Waals surface area contributed by atoms with Gasteiger partial charge in [0.15, 0.2) is 5.82 Å². The van der Waals surface area contributed by atoms with Crippen molar-refractivity contribution in [3.05, 3.63) is 164 Å². The van der Waals surface area contributed by atoms with Crippen LogP contribution in [0.15, 0.2) is 173 Å². The van der Waals surface area contributed by atoms with Gasteiger partial charge in [-0.1, -0.05) is 109 Å². The first-order chi connectivity index (χ1) is 25.7. The van der Waals surface area contributed by atoms with Gasteiger partial charge in [0.05, 0.1) is 28.0 Å². The van der Waals surface area contributed by atoms with Crippen molar-refractivity contribution in [1.82, 2.24) is 15.0 Å². The van der Waals surface area contributed by atoms with Crippen molar-refractivity contribution in [1.29, 1.82) is 0 Å². The molecule has 7 aromatic carbocycles. The molecular weight excluding hydrogens is 639 g/mol. The zero-order valence-corrected chi connectivity index (χ0v) is 27.7. The molecule has 0 bridgehead atoms. The zero-order valence-electron chi connectivity index (χ0n) is 27.7. The van der Waals surface area contributed by atoms with E-state index in [-0.39, 0.29) is 0 Å². The van der Waals surface area contributed by atoms with Gasteiger partial charge >= 0.3 is 0 Å². The largest absolute Gasteiger partial charge is 0.456 e. The van der Waals surface area contributed by atoms with Gasteiger partial charge in [-0.2, -0.15) is 0 Å². The van der Waals surface area contributed by atoms with E-state index in [2.05, 4.69) is 103 Å². The maximum Gasteiger partial charge on any atom is 0.160 e. The zero-order chi connectivity index (χ0) is 34.2. The third kappa shape index (κ3) is 4.46. The molecule has 4 aromatic heterocycles. The lowest BCUT2D eigenvalue weighted by Gasteiger charge is -2.11. The molecule has 0 unspecified atom stereocenters. The normalized spacial score (nSPS) is 11.8. The Morgan fingerprint density at radius 2 is 1.12 bits per heavy atom. The molecule has 0 amide bonds. The van der Waals surface area contributed by atoms with Crippen molar-refractivity contribution in [3.63, 3.8) is 0 Å². The highest BCUT2D eigenvalue weighted by molar-refractivity contribution is 6.20. The lowest BCUT2D eigenvalue weighted by atomic mass is 9.98. The molecule has 11 rings (SSSR count). The van der Waals surface area contributed by atoms with Crippen molar-refractivity contribution < 1.29 is 8.83 Å². The summed E-state index contributed by atoms with van der Waals surface area (Å²) in [5, 5.41) is 7.40. The van der Waals surface area contributed by atoms with Crippen LogP contribution >= 0.6 is 0 Å². The van der Waals surface area contributed by atoms with E-state index in [9.17, 15) is 0 Å². The predicted molar refractivity (Wildman–Crippen MR) is 211 cm³/mol. The average molecular weight is 666 g/mol. The summed E-state index contributed by atoms with van der Waals surface area (Å²) in [6, 6.07) is 56.0. The molecule has 0 aliphatic carbocycles. The van der Waals surface area contributed by atoms with E-state index in [1.807, 2.05) is 60.7 Å². The number of hydrogen-bond acceptors (Lipinski definition) is 5. The number of pyridine rings is 1. The van der Waals surface area contributed by atoms with E-state index >= 15 is 0 Å². The van der Waals surface area contributed by atoms with Gasteiger partial charge in [0.25, 0.3) is 0 Å². The molecule has 0 saturated carbocycles. The molecule has 0 aliphatic rings. The Bertz CT molecular complexity index is 3190. The Balaban J connectivity index is 1.17. The molecule has 52 heavy (non-hydrogen) atoms. The Kier molecular flexibility index (Phi) is 6.18. The highest BCUT2D eigenvalue weighted by atomic mass is 16.3. The Labute approximate surface area is 297 Å². The summed E-state index contributed by atoms with van der Waals surface area (Å²) < 4.78 is 13.0. The summed E-state index contributed by atoms with van der Waals surface area (Å²) in [5.74, 6) is 0.652. The number of aromatic nitrogens is 3. The van der Waals surface area contributed by atoms with Crippen molar-refractivity contribution in [2.24, 2.45) is 0 Å². The molecule has 4 heterocycles. The molecule has 0 radical (unpaired) electrons. The van der Waals surface area contributed by atoms with Crippen LogP contribution < -0.4 is 0 Å². The Morgan fingerprint density at radius 1 is 0.385 bits per heavy atom. The average Bonchev–Trinajstić information content (AvgIpc) is 3.79. The Morgan fingerprint density at radius 3 is 2.04 bits per heavy atom. The number of rotatable bonds is 4. The fourth-order valence-corrected chi connectivity index (χ4v) is 7.60. The quantitative estimate of drug-likeness (QED) is 0.187. The monoisotopic (exact) mass is 665 g/mol. The summed E-state index contributed by atoms with van der Waals surface area (Å²) in [6.07, 6.45) is 0. The molecule has 5 heteroatoms. The minimum atomic E-state index is 0.652. The van der Waals surface area contributed by atoms with Gasteiger partial charge in [-0.25, -0.2) is 15.0 Å². The van der Waals surface area contributed by atoms with E-state index in [1.165, 1.54) is 10.8 Å². The molecule has 11 aromatic rings. The highest BCUT2D eigenvalue weighted by Crippen LogP contribution is 2.42. The first-order valence-corrected chi connectivity index (χ1v) is 17.3. The van der Waals surface area contributed by atoms with E-state index in [0.717, 1.165) is 94.1 Å². The number of benzene rings is 7. The first-order valence-electron chi connectivity index (χ1n) is 17.3.